The summed E-state index contributed by atoms with van der Waals surface area (Å²) >= 11 is 3.47. The minimum absolute atomic E-state index is 1.08. The van der Waals surface area contributed by atoms with Gasteiger partial charge in [0.2, 0.25) is 0 Å². The monoisotopic (exact) mass is 297 g/mol. The molecule has 0 radical (unpaired) electrons. The summed E-state index contributed by atoms with van der Waals surface area (Å²) in [5.74, 6) is 0. The van der Waals surface area contributed by atoms with E-state index in [-0.39, 0.29) is 0 Å². The van der Waals surface area contributed by atoms with Crippen molar-refractivity contribution in [2.24, 2.45) is 0 Å². The molecule has 0 aromatic heterocycles. The summed E-state index contributed by atoms with van der Waals surface area (Å²) in [6.07, 6.45) is 0. The largest absolute Gasteiger partial charge is 0.369 e. The lowest BCUT2D eigenvalue weighted by atomic mass is 10.2. The molecular formula is C13H20BrN3. The first kappa shape index (κ1) is 12.9. The van der Waals surface area contributed by atoms with E-state index in [2.05, 4.69) is 55.3 Å². The van der Waals surface area contributed by atoms with Crippen LogP contribution in [-0.4, -0.2) is 51.2 Å². The van der Waals surface area contributed by atoms with Crippen molar-refractivity contribution >= 4 is 21.6 Å². The number of piperazine rings is 1. The van der Waals surface area contributed by atoms with Crippen LogP contribution in [0.4, 0.5) is 5.69 Å². The zero-order valence-electron chi connectivity index (χ0n) is 10.3. The number of anilines is 1. The lowest BCUT2D eigenvalue weighted by Crippen LogP contribution is -2.48. The van der Waals surface area contributed by atoms with Gasteiger partial charge in [0, 0.05) is 49.4 Å². The van der Waals surface area contributed by atoms with E-state index < -0.39 is 0 Å². The highest BCUT2D eigenvalue weighted by Gasteiger charge is 2.16. The lowest BCUT2D eigenvalue weighted by Gasteiger charge is -2.36. The molecule has 17 heavy (non-hydrogen) atoms. The van der Waals surface area contributed by atoms with Gasteiger partial charge in [-0.05, 0) is 31.3 Å². The number of likely N-dealkylation sites (N-methyl/N-ethyl adjacent to an activating group) is 1. The third-order valence-corrected chi connectivity index (χ3v) is 3.77. The van der Waals surface area contributed by atoms with Gasteiger partial charge in [0.05, 0.1) is 0 Å². The maximum Gasteiger partial charge on any atom is 0.0367 e. The minimum atomic E-state index is 1.08. The molecule has 0 saturated carbocycles. The van der Waals surface area contributed by atoms with Crippen LogP contribution in [0.5, 0.6) is 0 Å². The number of halogens is 1. The molecule has 0 bridgehead atoms. The molecule has 2 rings (SSSR count). The normalized spacial score (nSPS) is 17.4. The summed E-state index contributed by atoms with van der Waals surface area (Å²) in [6.45, 7) is 6.83. The number of hydrogen-bond donors (Lipinski definition) is 1. The van der Waals surface area contributed by atoms with Gasteiger partial charge < -0.3 is 10.2 Å². The van der Waals surface area contributed by atoms with Gasteiger partial charge in [-0.15, -0.1) is 0 Å². The summed E-state index contributed by atoms with van der Waals surface area (Å²) in [4.78, 5) is 4.98. The van der Waals surface area contributed by atoms with Crippen molar-refractivity contribution in [3.63, 3.8) is 0 Å². The lowest BCUT2D eigenvalue weighted by molar-refractivity contribution is 0.260. The average Bonchev–Trinajstić information content (AvgIpc) is 2.38. The summed E-state index contributed by atoms with van der Waals surface area (Å²) in [6, 6.07) is 8.60. The Hall–Kier alpha value is -0.580. The number of rotatable bonds is 4. The topological polar surface area (TPSA) is 18.5 Å². The fourth-order valence-corrected chi connectivity index (χ4v) is 2.42. The van der Waals surface area contributed by atoms with E-state index in [0.717, 1.165) is 43.7 Å². The van der Waals surface area contributed by atoms with E-state index in [0.29, 0.717) is 0 Å². The van der Waals surface area contributed by atoms with Crippen LogP contribution in [0.3, 0.4) is 0 Å². The van der Waals surface area contributed by atoms with Crippen molar-refractivity contribution in [1.29, 1.82) is 0 Å². The highest BCUT2D eigenvalue weighted by Crippen LogP contribution is 2.19. The predicted molar refractivity (Wildman–Crippen MR) is 76.7 cm³/mol. The molecule has 1 aromatic carbocycles. The Bertz CT molecular complexity index is 331. The zero-order chi connectivity index (χ0) is 12.1. The van der Waals surface area contributed by atoms with Crippen molar-refractivity contribution in [2.45, 2.75) is 0 Å². The summed E-state index contributed by atoms with van der Waals surface area (Å²) in [5.41, 5.74) is 1.33. The van der Waals surface area contributed by atoms with Gasteiger partial charge in [-0.1, -0.05) is 15.9 Å². The van der Waals surface area contributed by atoms with E-state index >= 15 is 0 Å². The van der Waals surface area contributed by atoms with Crippen molar-refractivity contribution < 1.29 is 0 Å². The van der Waals surface area contributed by atoms with Gasteiger partial charge >= 0.3 is 0 Å². The van der Waals surface area contributed by atoms with Gasteiger partial charge in [-0.25, -0.2) is 0 Å². The van der Waals surface area contributed by atoms with Crippen LogP contribution in [0.15, 0.2) is 28.7 Å². The number of nitrogens with zero attached hydrogens (tertiary/aromatic N) is 2. The van der Waals surface area contributed by atoms with E-state index in [1.807, 2.05) is 7.05 Å². The molecule has 1 heterocycles. The summed E-state index contributed by atoms with van der Waals surface area (Å²) < 4.78 is 1.15. The van der Waals surface area contributed by atoms with Crippen LogP contribution < -0.4 is 10.2 Å². The van der Waals surface area contributed by atoms with Crippen molar-refractivity contribution in [1.82, 2.24) is 10.2 Å². The number of benzene rings is 1. The first-order valence-electron chi connectivity index (χ1n) is 6.17. The molecule has 0 amide bonds. The molecule has 1 saturated heterocycles. The van der Waals surface area contributed by atoms with Crippen LogP contribution in [0.1, 0.15) is 0 Å². The quantitative estimate of drug-likeness (QED) is 0.914. The third kappa shape index (κ3) is 3.69. The predicted octanol–water partition coefficient (Wildman–Crippen LogP) is 1.79. The SMILES string of the molecule is CNCCN1CCN(c2ccc(Br)cc2)CC1. The molecule has 1 N–H and O–H groups in total. The van der Waals surface area contributed by atoms with Gasteiger partial charge in [0.15, 0.2) is 0 Å². The molecule has 0 aliphatic carbocycles. The zero-order valence-corrected chi connectivity index (χ0v) is 11.9. The van der Waals surface area contributed by atoms with E-state index in [1.54, 1.807) is 0 Å². The fourth-order valence-electron chi connectivity index (χ4n) is 2.15. The van der Waals surface area contributed by atoms with Crippen LogP contribution in [0.25, 0.3) is 0 Å². The third-order valence-electron chi connectivity index (χ3n) is 3.24. The Labute approximate surface area is 112 Å². The second-order valence-corrected chi connectivity index (χ2v) is 5.32. The Morgan fingerprint density at radius 3 is 2.35 bits per heavy atom. The van der Waals surface area contributed by atoms with Crippen LogP contribution in [0, 0.1) is 0 Å². The van der Waals surface area contributed by atoms with Crippen molar-refractivity contribution in [2.75, 3.05) is 51.2 Å². The second-order valence-electron chi connectivity index (χ2n) is 4.41. The van der Waals surface area contributed by atoms with Gasteiger partial charge in [0.1, 0.15) is 0 Å². The van der Waals surface area contributed by atoms with Gasteiger partial charge in [-0.3, -0.25) is 4.90 Å². The molecule has 4 heteroatoms. The van der Waals surface area contributed by atoms with Crippen LogP contribution in [-0.2, 0) is 0 Å². The van der Waals surface area contributed by atoms with Crippen molar-refractivity contribution in [3.8, 4) is 0 Å². The Morgan fingerprint density at radius 2 is 1.76 bits per heavy atom. The maximum atomic E-state index is 3.47. The van der Waals surface area contributed by atoms with Crippen LogP contribution >= 0.6 is 15.9 Å². The fraction of sp³-hybridized carbons (Fsp3) is 0.538. The molecule has 3 nitrogen and oxygen atoms in total. The standard InChI is InChI=1S/C13H20BrN3/c1-15-6-7-16-8-10-17(11-9-16)13-4-2-12(14)3-5-13/h2-5,15H,6-11H2,1H3. The molecule has 0 atom stereocenters. The number of hydrogen-bond acceptors (Lipinski definition) is 3. The average molecular weight is 298 g/mol. The highest BCUT2D eigenvalue weighted by molar-refractivity contribution is 9.10. The van der Waals surface area contributed by atoms with E-state index in [1.165, 1.54) is 5.69 Å². The smallest absolute Gasteiger partial charge is 0.0367 e. The molecule has 1 fully saturated rings. The maximum absolute atomic E-state index is 3.47. The van der Waals surface area contributed by atoms with E-state index in [4.69, 9.17) is 0 Å². The molecule has 1 aromatic rings. The molecular weight excluding hydrogens is 278 g/mol. The molecule has 0 spiro atoms. The molecule has 1 aliphatic heterocycles. The Kier molecular flexibility index (Phi) is 4.83. The first-order chi connectivity index (χ1) is 8.29. The summed E-state index contributed by atoms with van der Waals surface area (Å²) in [7, 11) is 2.01. The van der Waals surface area contributed by atoms with Gasteiger partial charge in [-0.2, -0.15) is 0 Å². The van der Waals surface area contributed by atoms with Crippen molar-refractivity contribution in [3.05, 3.63) is 28.7 Å². The Balaban J connectivity index is 1.84. The van der Waals surface area contributed by atoms with Crippen LogP contribution in [0.2, 0.25) is 0 Å². The first-order valence-corrected chi connectivity index (χ1v) is 6.96. The second kappa shape index (κ2) is 6.38. The number of nitrogens with one attached hydrogen (secondary N) is 1. The summed E-state index contributed by atoms with van der Waals surface area (Å²) in [5, 5.41) is 3.20. The molecule has 94 valence electrons. The molecule has 0 unspecified atom stereocenters. The molecule has 1 aliphatic rings. The van der Waals surface area contributed by atoms with Gasteiger partial charge in [0.25, 0.3) is 0 Å². The highest BCUT2D eigenvalue weighted by atomic mass is 79.9. The van der Waals surface area contributed by atoms with E-state index in [9.17, 15) is 0 Å². The minimum Gasteiger partial charge on any atom is -0.369 e. The Morgan fingerprint density at radius 1 is 1.12 bits per heavy atom.